The normalized spacial score (nSPS) is 14.5. The molecule has 0 radical (unpaired) electrons. The van der Waals surface area contributed by atoms with Crippen molar-refractivity contribution in [2.75, 3.05) is 13.2 Å². The van der Waals surface area contributed by atoms with Gasteiger partial charge >= 0.3 is 5.97 Å². The third-order valence-electron chi connectivity index (χ3n) is 2.86. The van der Waals surface area contributed by atoms with Crippen LogP contribution in [-0.2, 0) is 4.74 Å². The van der Waals surface area contributed by atoms with Crippen LogP contribution in [0.2, 0.25) is 0 Å². The third kappa shape index (κ3) is 3.22. The van der Waals surface area contributed by atoms with Crippen LogP contribution in [-0.4, -0.2) is 19.2 Å². The molecule has 1 aliphatic carbocycles. The zero-order valence-corrected chi connectivity index (χ0v) is 10.4. The maximum Gasteiger partial charge on any atom is 0.338 e. The highest BCUT2D eigenvalue weighted by Crippen LogP contribution is 2.29. The zero-order valence-electron chi connectivity index (χ0n) is 10.4. The number of carbonyl (C=O) groups excluding carboxylic acids is 1. The average molecular weight is 234 g/mol. The molecule has 1 aromatic carbocycles. The number of esters is 1. The summed E-state index contributed by atoms with van der Waals surface area (Å²) < 4.78 is 10.7. The third-order valence-corrected chi connectivity index (χ3v) is 2.86. The van der Waals surface area contributed by atoms with Gasteiger partial charge in [0.05, 0.1) is 18.8 Å². The molecule has 1 fully saturated rings. The molecule has 0 atom stereocenters. The molecule has 1 aromatic rings. The van der Waals surface area contributed by atoms with Gasteiger partial charge in [0.25, 0.3) is 0 Å². The Morgan fingerprint density at radius 2 is 2.18 bits per heavy atom. The van der Waals surface area contributed by atoms with E-state index in [4.69, 9.17) is 9.47 Å². The number of ether oxygens (including phenoxy) is 2. The summed E-state index contributed by atoms with van der Waals surface area (Å²) in [4.78, 5) is 11.7. The van der Waals surface area contributed by atoms with Gasteiger partial charge in [-0.25, -0.2) is 4.79 Å². The van der Waals surface area contributed by atoms with E-state index < -0.39 is 0 Å². The Morgan fingerprint density at radius 1 is 1.41 bits per heavy atom. The highest BCUT2D eigenvalue weighted by atomic mass is 16.5. The van der Waals surface area contributed by atoms with Gasteiger partial charge in [0.1, 0.15) is 5.75 Å². The van der Waals surface area contributed by atoms with Gasteiger partial charge in [-0.1, -0.05) is 0 Å². The van der Waals surface area contributed by atoms with Crippen molar-refractivity contribution in [3.8, 4) is 5.75 Å². The highest BCUT2D eigenvalue weighted by Gasteiger charge is 2.23. The SMILES string of the molecule is CCOc1ccc(C(=O)OCC2CC2)cc1C. The summed E-state index contributed by atoms with van der Waals surface area (Å²) in [5, 5.41) is 0. The van der Waals surface area contributed by atoms with E-state index in [1.54, 1.807) is 6.07 Å². The first-order valence-electron chi connectivity index (χ1n) is 6.11. The van der Waals surface area contributed by atoms with Crippen molar-refractivity contribution in [1.29, 1.82) is 0 Å². The molecular formula is C14H18O3. The summed E-state index contributed by atoms with van der Waals surface area (Å²) in [6.45, 7) is 5.07. The lowest BCUT2D eigenvalue weighted by Crippen LogP contribution is -2.08. The zero-order chi connectivity index (χ0) is 12.3. The fourth-order valence-electron chi connectivity index (χ4n) is 1.66. The fraction of sp³-hybridized carbons (Fsp3) is 0.500. The van der Waals surface area contributed by atoms with E-state index in [1.165, 1.54) is 12.8 Å². The number of carbonyl (C=O) groups is 1. The second kappa shape index (κ2) is 5.21. The largest absolute Gasteiger partial charge is 0.494 e. The number of aryl methyl sites for hydroxylation is 1. The summed E-state index contributed by atoms with van der Waals surface area (Å²) in [5.74, 6) is 1.19. The highest BCUT2D eigenvalue weighted by molar-refractivity contribution is 5.89. The lowest BCUT2D eigenvalue weighted by molar-refractivity contribution is 0.0486. The molecule has 3 heteroatoms. The standard InChI is InChI=1S/C14H18O3/c1-3-16-13-7-6-12(8-10(13)2)14(15)17-9-11-4-5-11/h6-8,11H,3-5,9H2,1-2H3. The Morgan fingerprint density at radius 3 is 2.76 bits per heavy atom. The molecule has 1 aliphatic rings. The second-order valence-corrected chi connectivity index (χ2v) is 4.46. The summed E-state index contributed by atoms with van der Waals surface area (Å²) in [7, 11) is 0. The Kier molecular flexibility index (Phi) is 3.67. The van der Waals surface area contributed by atoms with Crippen LogP contribution >= 0.6 is 0 Å². The van der Waals surface area contributed by atoms with E-state index in [0.717, 1.165) is 11.3 Å². The minimum atomic E-state index is -0.233. The number of hydrogen-bond acceptors (Lipinski definition) is 3. The molecular weight excluding hydrogens is 216 g/mol. The van der Waals surface area contributed by atoms with E-state index in [9.17, 15) is 4.79 Å². The Labute approximate surface area is 102 Å². The van der Waals surface area contributed by atoms with Crippen LogP contribution in [0.3, 0.4) is 0 Å². The molecule has 0 bridgehead atoms. The second-order valence-electron chi connectivity index (χ2n) is 4.46. The van der Waals surface area contributed by atoms with Crippen LogP contribution < -0.4 is 4.74 Å². The van der Waals surface area contributed by atoms with Crippen molar-refractivity contribution in [2.45, 2.75) is 26.7 Å². The molecule has 0 aliphatic heterocycles. The number of rotatable bonds is 5. The summed E-state index contributed by atoms with van der Waals surface area (Å²) in [6, 6.07) is 5.40. The van der Waals surface area contributed by atoms with E-state index >= 15 is 0 Å². The molecule has 17 heavy (non-hydrogen) atoms. The lowest BCUT2D eigenvalue weighted by Gasteiger charge is -2.09. The molecule has 0 unspecified atom stereocenters. The van der Waals surface area contributed by atoms with Crippen molar-refractivity contribution < 1.29 is 14.3 Å². The molecule has 2 rings (SSSR count). The van der Waals surface area contributed by atoms with E-state index in [0.29, 0.717) is 24.7 Å². The van der Waals surface area contributed by atoms with Crippen LogP contribution in [0.1, 0.15) is 35.7 Å². The summed E-state index contributed by atoms with van der Waals surface area (Å²) in [6.07, 6.45) is 2.38. The van der Waals surface area contributed by atoms with Crippen LogP contribution in [0.15, 0.2) is 18.2 Å². The molecule has 0 saturated heterocycles. The van der Waals surface area contributed by atoms with Gasteiger partial charge in [-0.3, -0.25) is 0 Å². The van der Waals surface area contributed by atoms with Gasteiger partial charge < -0.3 is 9.47 Å². The van der Waals surface area contributed by atoms with Crippen LogP contribution in [0, 0.1) is 12.8 Å². The van der Waals surface area contributed by atoms with Gasteiger partial charge in [-0.15, -0.1) is 0 Å². The first kappa shape index (κ1) is 12.0. The van der Waals surface area contributed by atoms with Crippen LogP contribution in [0.4, 0.5) is 0 Å². The monoisotopic (exact) mass is 234 g/mol. The molecule has 0 aromatic heterocycles. The van der Waals surface area contributed by atoms with Gasteiger partial charge in [0, 0.05) is 0 Å². The Bertz CT molecular complexity index is 408. The van der Waals surface area contributed by atoms with Crippen molar-refractivity contribution in [3.63, 3.8) is 0 Å². The summed E-state index contributed by atoms with van der Waals surface area (Å²) in [5.41, 5.74) is 1.57. The molecule has 0 spiro atoms. The molecule has 3 nitrogen and oxygen atoms in total. The smallest absolute Gasteiger partial charge is 0.338 e. The van der Waals surface area contributed by atoms with Crippen molar-refractivity contribution in [3.05, 3.63) is 29.3 Å². The minimum Gasteiger partial charge on any atom is -0.494 e. The van der Waals surface area contributed by atoms with Crippen LogP contribution in [0.25, 0.3) is 0 Å². The number of hydrogen-bond donors (Lipinski definition) is 0. The summed E-state index contributed by atoms with van der Waals surface area (Å²) >= 11 is 0. The van der Waals surface area contributed by atoms with E-state index in [1.807, 2.05) is 26.0 Å². The molecule has 0 amide bonds. The van der Waals surface area contributed by atoms with Gasteiger partial charge in [-0.05, 0) is 56.4 Å². The maximum absolute atomic E-state index is 11.7. The quantitative estimate of drug-likeness (QED) is 0.735. The van der Waals surface area contributed by atoms with Crippen LogP contribution in [0.5, 0.6) is 5.75 Å². The molecule has 0 N–H and O–H groups in total. The molecule has 92 valence electrons. The first-order valence-corrected chi connectivity index (χ1v) is 6.11. The maximum atomic E-state index is 11.7. The fourth-order valence-corrected chi connectivity index (χ4v) is 1.66. The first-order chi connectivity index (χ1) is 8.20. The van der Waals surface area contributed by atoms with Gasteiger partial charge in [0.2, 0.25) is 0 Å². The van der Waals surface area contributed by atoms with E-state index in [-0.39, 0.29) is 5.97 Å². The van der Waals surface area contributed by atoms with Gasteiger partial charge in [0.15, 0.2) is 0 Å². The predicted molar refractivity (Wildman–Crippen MR) is 65.4 cm³/mol. The lowest BCUT2D eigenvalue weighted by atomic mass is 10.1. The number of benzene rings is 1. The Balaban J connectivity index is 1.99. The Hall–Kier alpha value is -1.51. The average Bonchev–Trinajstić information content (AvgIpc) is 3.13. The minimum absolute atomic E-state index is 0.233. The van der Waals surface area contributed by atoms with E-state index in [2.05, 4.69) is 0 Å². The molecule has 0 heterocycles. The van der Waals surface area contributed by atoms with Crippen molar-refractivity contribution in [2.24, 2.45) is 5.92 Å². The molecule has 1 saturated carbocycles. The van der Waals surface area contributed by atoms with Crippen molar-refractivity contribution in [1.82, 2.24) is 0 Å². The predicted octanol–water partition coefficient (Wildman–Crippen LogP) is 2.96. The topological polar surface area (TPSA) is 35.5 Å². The van der Waals surface area contributed by atoms with Crippen molar-refractivity contribution >= 4 is 5.97 Å². The van der Waals surface area contributed by atoms with Gasteiger partial charge in [-0.2, -0.15) is 0 Å².